The van der Waals surface area contributed by atoms with Gasteiger partial charge in [0.05, 0.1) is 6.61 Å². The molecule has 1 saturated heterocycles. The van der Waals surface area contributed by atoms with E-state index in [0.717, 1.165) is 16.8 Å². The number of nitroso groups, excluding NO2 is 1. The van der Waals surface area contributed by atoms with Gasteiger partial charge in [-0.15, -0.1) is 4.91 Å². The Bertz CT molecular complexity index is 1080. The SMILES string of the molecule is C[C@H]1C[C@@](CF)(COP(=O)(N=O)OP(=O)(O)OP(=O)(O)O)O[C@H]1n1ccc(=O)[nH]c1=O. The second kappa shape index (κ2) is 9.24. The molecule has 1 aliphatic heterocycles. The lowest BCUT2D eigenvalue weighted by atomic mass is 9.96. The van der Waals surface area contributed by atoms with Gasteiger partial charge >= 0.3 is 29.1 Å². The fourth-order valence-corrected chi connectivity index (χ4v) is 6.08. The molecule has 0 aliphatic carbocycles. The molecular formula is C11H17FN3O13P3. The van der Waals surface area contributed by atoms with E-state index < -0.39 is 65.7 Å². The maximum Gasteiger partial charge on any atom is 0.498 e. The first kappa shape index (κ1) is 25.9. The highest BCUT2D eigenvalue weighted by molar-refractivity contribution is 7.68. The Morgan fingerprint density at radius 3 is 2.48 bits per heavy atom. The average molecular weight is 511 g/mol. The number of rotatable bonds is 10. The zero-order chi connectivity index (χ0) is 23.7. The van der Waals surface area contributed by atoms with Crippen molar-refractivity contribution in [1.29, 1.82) is 0 Å². The Morgan fingerprint density at radius 1 is 1.32 bits per heavy atom. The van der Waals surface area contributed by atoms with E-state index in [4.69, 9.17) is 14.5 Å². The minimum absolute atomic E-state index is 0.172. The zero-order valence-electron chi connectivity index (χ0n) is 15.5. The van der Waals surface area contributed by atoms with Crippen molar-refractivity contribution in [2.45, 2.75) is 25.2 Å². The van der Waals surface area contributed by atoms with E-state index in [1.54, 1.807) is 6.92 Å². The van der Waals surface area contributed by atoms with E-state index in [1.165, 1.54) is 0 Å². The van der Waals surface area contributed by atoms with Gasteiger partial charge in [-0.25, -0.2) is 22.9 Å². The number of nitrogens with one attached hydrogen (secondary N) is 1. The first-order valence-electron chi connectivity index (χ1n) is 8.09. The summed E-state index contributed by atoms with van der Waals surface area (Å²) in [5.74, 6) is -0.575. The van der Waals surface area contributed by atoms with Crippen LogP contribution >= 0.6 is 23.4 Å². The molecule has 1 aliphatic rings. The molecule has 1 aromatic rings. The molecule has 20 heteroatoms. The molecule has 0 aromatic carbocycles. The van der Waals surface area contributed by atoms with Crippen molar-refractivity contribution < 1.29 is 50.6 Å². The highest BCUT2D eigenvalue weighted by atomic mass is 31.3. The molecule has 5 atom stereocenters. The van der Waals surface area contributed by atoms with Gasteiger partial charge in [0.2, 0.25) is 0 Å². The van der Waals surface area contributed by atoms with Crippen LogP contribution in [-0.2, 0) is 31.6 Å². The predicted molar refractivity (Wildman–Crippen MR) is 97.3 cm³/mol. The Hall–Kier alpha value is -1.38. The summed E-state index contributed by atoms with van der Waals surface area (Å²) in [5, 5.41) is 0. The Labute approximate surface area is 171 Å². The summed E-state index contributed by atoms with van der Waals surface area (Å²) >= 11 is 0. The number of ether oxygens (including phenoxy) is 1. The molecule has 4 N–H and O–H groups in total. The third-order valence-electron chi connectivity index (χ3n) is 3.93. The fourth-order valence-electron chi connectivity index (χ4n) is 2.83. The summed E-state index contributed by atoms with van der Waals surface area (Å²) in [6.07, 6.45) is -0.191. The third kappa shape index (κ3) is 6.80. The minimum Gasteiger partial charge on any atom is -0.346 e. The van der Waals surface area contributed by atoms with Crippen molar-refractivity contribution in [2.24, 2.45) is 10.9 Å². The van der Waals surface area contributed by atoms with Crippen LogP contribution in [-0.4, -0.2) is 43.1 Å². The van der Waals surface area contributed by atoms with E-state index in [-0.39, 0.29) is 6.42 Å². The van der Waals surface area contributed by atoms with Crippen molar-refractivity contribution in [1.82, 2.24) is 9.55 Å². The zero-order valence-corrected chi connectivity index (χ0v) is 18.2. The lowest BCUT2D eigenvalue weighted by Gasteiger charge is -2.27. The predicted octanol–water partition coefficient (Wildman–Crippen LogP) is 0.917. The lowest BCUT2D eigenvalue weighted by molar-refractivity contribution is -0.109. The molecule has 2 rings (SSSR count). The largest absolute Gasteiger partial charge is 0.498 e. The fraction of sp³-hybridized carbons (Fsp3) is 0.636. The van der Waals surface area contributed by atoms with Gasteiger partial charge in [-0.1, -0.05) is 6.92 Å². The number of hydrogen-bond acceptors (Lipinski definition) is 10. The molecule has 2 heterocycles. The van der Waals surface area contributed by atoms with Crippen LogP contribution in [0.25, 0.3) is 0 Å². The maximum atomic E-state index is 13.8. The number of H-pyrrole nitrogens is 1. The second-order valence-corrected chi connectivity index (χ2v) is 11.1. The molecule has 0 amide bonds. The van der Waals surface area contributed by atoms with Gasteiger partial charge < -0.3 is 19.4 Å². The molecule has 0 bridgehead atoms. The van der Waals surface area contributed by atoms with Gasteiger partial charge in [-0.3, -0.25) is 18.9 Å². The van der Waals surface area contributed by atoms with Crippen LogP contribution in [0.3, 0.4) is 0 Å². The Morgan fingerprint density at radius 2 is 1.97 bits per heavy atom. The first-order valence-corrected chi connectivity index (χ1v) is 12.6. The maximum absolute atomic E-state index is 13.8. The van der Waals surface area contributed by atoms with E-state index in [1.807, 2.05) is 9.93 Å². The molecule has 0 saturated carbocycles. The summed E-state index contributed by atoms with van der Waals surface area (Å²) in [5.41, 5.74) is -3.47. The van der Waals surface area contributed by atoms with E-state index >= 15 is 0 Å². The Kier molecular flexibility index (Phi) is 7.71. The quantitative estimate of drug-likeness (QED) is 0.253. The standard InChI is InChI=1S/C11H17FN3O13P3/c1-7-4-11(5-12,26-9(7)15-3-2-8(16)13-10(15)17)6-25-29(19,14-18)27-31(23,24)28-30(20,21)22/h2-3,7,9H,4-6H2,1H3,(H,23,24)(H,13,16,17)(H2,20,21,22)/t7-,9+,11+,29?/m0/s1. The van der Waals surface area contributed by atoms with Gasteiger partial charge in [0, 0.05) is 23.1 Å². The summed E-state index contributed by atoms with van der Waals surface area (Å²) < 4.78 is 66.4. The van der Waals surface area contributed by atoms with Gasteiger partial charge in [-0.2, -0.15) is 8.62 Å². The van der Waals surface area contributed by atoms with Crippen LogP contribution in [0.4, 0.5) is 4.39 Å². The number of halogens is 1. The van der Waals surface area contributed by atoms with Gasteiger partial charge in [0.15, 0.2) is 0 Å². The van der Waals surface area contributed by atoms with E-state index in [9.17, 15) is 37.5 Å². The van der Waals surface area contributed by atoms with Crippen LogP contribution in [0.5, 0.6) is 0 Å². The van der Waals surface area contributed by atoms with Crippen LogP contribution in [0.2, 0.25) is 0 Å². The van der Waals surface area contributed by atoms with Crippen LogP contribution in [0.15, 0.2) is 26.8 Å². The summed E-state index contributed by atoms with van der Waals surface area (Å²) in [4.78, 5) is 64.1. The molecular weight excluding hydrogens is 494 g/mol. The number of aromatic amines is 1. The number of alkyl halides is 1. The number of hydrogen-bond donors (Lipinski definition) is 4. The first-order chi connectivity index (χ1) is 14.1. The lowest BCUT2D eigenvalue weighted by Crippen LogP contribution is -2.38. The third-order valence-corrected chi connectivity index (χ3v) is 7.91. The van der Waals surface area contributed by atoms with Crippen molar-refractivity contribution in [2.75, 3.05) is 13.3 Å². The van der Waals surface area contributed by atoms with Crippen molar-refractivity contribution >= 4 is 23.4 Å². The van der Waals surface area contributed by atoms with Crippen LogP contribution < -0.4 is 11.2 Å². The van der Waals surface area contributed by atoms with Gasteiger partial charge in [-0.05, 0) is 6.42 Å². The normalized spacial score (nSPS) is 28.0. The molecule has 0 radical (unpaired) electrons. The molecule has 31 heavy (non-hydrogen) atoms. The molecule has 2 unspecified atom stereocenters. The second-order valence-electron chi connectivity index (χ2n) is 6.47. The van der Waals surface area contributed by atoms with Gasteiger partial charge in [0.1, 0.15) is 18.5 Å². The molecule has 0 spiro atoms. The molecule has 16 nitrogen and oxygen atoms in total. The summed E-state index contributed by atoms with van der Waals surface area (Å²) in [7, 11) is -16.8. The van der Waals surface area contributed by atoms with Crippen molar-refractivity contribution in [3.05, 3.63) is 38.0 Å². The van der Waals surface area contributed by atoms with Crippen molar-refractivity contribution in [3.8, 4) is 0 Å². The van der Waals surface area contributed by atoms with Crippen LogP contribution in [0.1, 0.15) is 19.6 Å². The summed E-state index contributed by atoms with van der Waals surface area (Å²) in [6.45, 7) is -0.800. The number of nitrogens with zero attached hydrogens (tertiary/aromatic N) is 2. The molecule has 1 fully saturated rings. The monoisotopic (exact) mass is 511 g/mol. The number of phosphoric acid groups is 2. The molecule has 1 aromatic heterocycles. The smallest absolute Gasteiger partial charge is 0.346 e. The topological polar surface area (TPSA) is 233 Å². The summed E-state index contributed by atoms with van der Waals surface area (Å²) in [6, 6.07) is 1.02. The van der Waals surface area contributed by atoms with Gasteiger partial charge in [0.25, 0.3) is 5.56 Å². The Balaban J connectivity index is 2.19. The number of aromatic nitrogens is 2. The highest BCUT2D eigenvalue weighted by Gasteiger charge is 2.50. The van der Waals surface area contributed by atoms with E-state index in [0.29, 0.717) is 0 Å². The average Bonchev–Trinajstić information content (AvgIpc) is 2.95. The highest BCUT2D eigenvalue weighted by Crippen LogP contribution is 2.68. The van der Waals surface area contributed by atoms with E-state index in [2.05, 4.69) is 13.1 Å². The van der Waals surface area contributed by atoms with Crippen molar-refractivity contribution in [3.63, 3.8) is 0 Å². The van der Waals surface area contributed by atoms with Crippen LogP contribution in [0, 0.1) is 10.8 Å². The molecule has 176 valence electrons. The minimum atomic E-state index is -5.79.